The second kappa shape index (κ2) is 16.8. The second-order valence-electron chi connectivity index (χ2n) is 11.7. The van der Waals surface area contributed by atoms with E-state index in [-0.39, 0.29) is 0 Å². The molecule has 6 aromatic carbocycles. The van der Waals surface area contributed by atoms with Crippen LogP contribution < -0.4 is 25.0 Å². The summed E-state index contributed by atoms with van der Waals surface area (Å²) in [6, 6.07) is 48.3. The summed E-state index contributed by atoms with van der Waals surface area (Å²) in [5, 5.41) is 21.2. The Labute approximate surface area is 295 Å². The maximum atomic E-state index is 6.96. The molecule has 0 saturated heterocycles. The van der Waals surface area contributed by atoms with Crippen molar-refractivity contribution in [3.05, 3.63) is 168 Å². The van der Waals surface area contributed by atoms with Gasteiger partial charge in [0.1, 0.15) is 30.9 Å². The fourth-order valence-electron chi connectivity index (χ4n) is 5.76. The highest BCUT2D eigenvalue weighted by molar-refractivity contribution is 7.11. The van der Waals surface area contributed by atoms with Crippen LogP contribution in [0.15, 0.2) is 166 Å². The molecule has 6 aromatic rings. The first kappa shape index (κ1) is 35.1. The summed E-state index contributed by atoms with van der Waals surface area (Å²) in [4.78, 5) is 3.36. The highest BCUT2D eigenvalue weighted by Crippen LogP contribution is 2.33. The number of aryl methyl sites for hydroxylation is 2. The Morgan fingerprint density at radius 3 is 1.68 bits per heavy atom. The van der Waals surface area contributed by atoms with E-state index in [9.17, 15) is 0 Å². The molecule has 0 aromatic heterocycles. The molecule has 0 aliphatic heterocycles. The predicted octanol–water partition coefficient (Wildman–Crippen LogP) is 10.5. The molecule has 248 valence electrons. The number of methoxy groups -OCH3 is 2. The van der Waals surface area contributed by atoms with Gasteiger partial charge in [0.25, 0.3) is 0 Å². The Morgan fingerprint density at radius 1 is 0.540 bits per heavy atom. The lowest BCUT2D eigenvalue weighted by Crippen LogP contribution is -2.65. The smallest absolute Gasteiger partial charge is 0.189 e. The summed E-state index contributed by atoms with van der Waals surface area (Å²) < 4.78 is 11.3. The van der Waals surface area contributed by atoms with Crippen LogP contribution in [-0.4, -0.2) is 22.3 Å². The topological polar surface area (TPSA) is 72.3 Å². The third-order valence-electron chi connectivity index (χ3n) is 8.32. The maximum absolute atomic E-state index is 6.96. The molecule has 0 N–H and O–H groups in total. The molecule has 0 amide bonds. The van der Waals surface area contributed by atoms with Crippen LogP contribution in [0.2, 0.25) is 6.55 Å². The fourth-order valence-corrected chi connectivity index (χ4v) is 9.63. The Hall–Kier alpha value is -6.17. The Morgan fingerprint density at radius 2 is 1.08 bits per heavy atom. The van der Waals surface area contributed by atoms with Crippen LogP contribution in [0.5, 0.6) is 11.5 Å². The van der Waals surface area contributed by atoms with Crippen LogP contribution in [-0.2, 0) is 0 Å². The molecule has 0 aliphatic carbocycles. The van der Waals surface area contributed by atoms with Crippen molar-refractivity contribution >= 4 is 52.1 Å². The van der Waals surface area contributed by atoms with E-state index in [1.54, 1.807) is 38.5 Å². The molecule has 7 nitrogen and oxygen atoms in total. The van der Waals surface area contributed by atoms with Crippen LogP contribution in [0.1, 0.15) is 11.1 Å². The van der Waals surface area contributed by atoms with Crippen molar-refractivity contribution in [3.63, 3.8) is 0 Å². The lowest BCUT2D eigenvalue weighted by atomic mass is 10.2. The van der Waals surface area contributed by atoms with Gasteiger partial charge >= 0.3 is 0 Å². The first-order chi connectivity index (χ1) is 24.4. The van der Waals surface area contributed by atoms with E-state index in [0.29, 0.717) is 22.8 Å². The average molecular weight is 674 g/mol. The summed E-state index contributed by atoms with van der Waals surface area (Å²) >= 11 is 0. The third-order valence-corrected chi connectivity index (χ3v) is 12.7. The van der Waals surface area contributed by atoms with Gasteiger partial charge < -0.3 is 9.47 Å². The second-order valence-corrected chi connectivity index (χ2v) is 15.7. The van der Waals surface area contributed by atoms with E-state index in [1.807, 2.05) is 61.5 Å². The van der Waals surface area contributed by atoms with E-state index in [0.717, 1.165) is 28.3 Å². The van der Waals surface area contributed by atoms with Crippen LogP contribution in [0, 0.1) is 20.4 Å². The zero-order valence-corrected chi connectivity index (χ0v) is 29.9. The summed E-state index contributed by atoms with van der Waals surface area (Å²) in [5.41, 5.74) is 5.60. The van der Waals surface area contributed by atoms with Crippen molar-refractivity contribution in [2.24, 2.45) is 20.5 Å². The van der Waals surface area contributed by atoms with Crippen molar-refractivity contribution in [1.29, 1.82) is 0 Å². The summed E-state index contributed by atoms with van der Waals surface area (Å²) in [5.74, 6) is 1.51. The van der Waals surface area contributed by atoms with E-state index < -0.39 is 8.07 Å². The normalized spacial score (nSPS) is 11.1. The Bertz CT molecular complexity index is 2090. The standard InChI is InChI=1S/C27H26N2OSi.C15H13N3O/c1-21-19-25(29-28-22-13-7-4-8-14-22)27(30-2)26(20-21)31(3,23-15-9-5-10-16-23)24-17-11-6-12-18-24;1-11-6-4-9-14(15(11)19-3)18-17-13-8-5-7-12(10-13)16-2/h4-20H,1-3H3;4-10H,1,3H3. The van der Waals surface area contributed by atoms with Crippen molar-refractivity contribution in [2.75, 3.05) is 14.2 Å². The number of ether oxygens (including phenoxy) is 2. The minimum Gasteiger partial charge on any atom is -0.495 e. The molecule has 0 saturated carbocycles. The molecule has 8 heteroatoms. The summed E-state index contributed by atoms with van der Waals surface area (Å²) in [6.45, 7) is 13.4. The zero-order valence-electron chi connectivity index (χ0n) is 28.9. The minimum absolute atomic E-state index is 0.549. The number of hydrogen-bond acceptors (Lipinski definition) is 6. The SMILES string of the molecule is COc1c(N=Nc2ccccc2)cc(C)cc1[Si](C)(c1ccccc1)c1ccccc1.[C-]#[N+]c1cccc(N=Nc2cccc(C)c2OC)c1. The minimum atomic E-state index is -2.34. The average Bonchev–Trinajstić information content (AvgIpc) is 3.17. The zero-order chi connectivity index (χ0) is 35.3. The van der Waals surface area contributed by atoms with Gasteiger partial charge in [0.05, 0.1) is 32.2 Å². The molecule has 0 bridgehead atoms. The molecule has 0 atom stereocenters. The highest BCUT2D eigenvalue weighted by atomic mass is 28.3. The summed E-state index contributed by atoms with van der Waals surface area (Å²) in [7, 11) is 0.994. The van der Waals surface area contributed by atoms with Gasteiger partial charge in [-0.25, -0.2) is 4.85 Å². The maximum Gasteiger partial charge on any atom is 0.189 e. The van der Waals surface area contributed by atoms with Crippen molar-refractivity contribution in [2.45, 2.75) is 20.4 Å². The molecule has 50 heavy (non-hydrogen) atoms. The van der Waals surface area contributed by atoms with Gasteiger partial charge in [0.2, 0.25) is 0 Å². The Balaban J connectivity index is 0.000000219. The van der Waals surface area contributed by atoms with Gasteiger partial charge in [0.15, 0.2) is 5.69 Å². The first-order valence-electron chi connectivity index (χ1n) is 16.2. The molecular formula is C42H39N5O2Si. The van der Waals surface area contributed by atoms with Crippen LogP contribution >= 0.6 is 0 Å². The number of azo groups is 2. The van der Waals surface area contributed by atoms with Gasteiger partial charge in [-0.2, -0.15) is 10.2 Å². The monoisotopic (exact) mass is 673 g/mol. The lowest BCUT2D eigenvalue weighted by Gasteiger charge is -2.31. The number of rotatable bonds is 9. The summed E-state index contributed by atoms with van der Waals surface area (Å²) in [6.07, 6.45) is 0. The van der Waals surface area contributed by atoms with Crippen molar-refractivity contribution in [1.82, 2.24) is 0 Å². The van der Waals surface area contributed by atoms with Gasteiger partial charge in [-0.1, -0.05) is 116 Å². The molecule has 0 radical (unpaired) electrons. The highest BCUT2D eigenvalue weighted by Gasteiger charge is 2.37. The van der Waals surface area contributed by atoms with Crippen LogP contribution in [0.3, 0.4) is 0 Å². The number of benzene rings is 6. The number of nitrogens with zero attached hydrogens (tertiary/aromatic N) is 5. The molecule has 0 aliphatic rings. The molecule has 0 spiro atoms. The third kappa shape index (κ3) is 8.27. The lowest BCUT2D eigenvalue weighted by molar-refractivity contribution is 0.413. The van der Waals surface area contributed by atoms with Crippen LogP contribution in [0.4, 0.5) is 28.4 Å². The van der Waals surface area contributed by atoms with E-state index >= 15 is 0 Å². The molecular weight excluding hydrogens is 635 g/mol. The van der Waals surface area contributed by atoms with Crippen molar-refractivity contribution in [3.8, 4) is 11.5 Å². The molecule has 0 fully saturated rings. The van der Waals surface area contributed by atoms with Gasteiger partial charge in [-0.05, 0) is 76.9 Å². The quantitative estimate of drug-likeness (QED) is 0.0663. The number of hydrogen-bond donors (Lipinski definition) is 0. The number of para-hydroxylation sites is 1. The predicted molar refractivity (Wildman–Crippen MR) is 206 cm³/mol. The van der Waals surface area contributed by atoms with Gasteiger partial charge in [-0.15, -0.1) is 10.2 Å². The van der Waals surface area contributed by atoms with E-state index in [1.165, 1.54) is 15.6 Å². The first-order valence-corrected chi connectivity index (χ1v) is 18.7. The molecule has 6 rings (SSSR count). The molecule has 0 unspecified atom stereocenters. The molecule has 0 heterocycles. The van der Waals surface area contributed by atoms with Gasteiger partial charge in [0, 0.05) is 0 Å². The Kier molecular flexibility index (Phi) is 11.8. The van der Waals surface area contributed by atoms with Crippen LogP contribution in [0.25, 0.3) is 4.85 Å². The largest absolute Gasteiger partial charge is 0.495 e. The van der Waals surface area contributed by atoms with E-state index in [2.05, 4.69) is 106 Å². The fraction of sp³-hybridized carbons (Fsp3) is 0.119. The van der Waals surface area contributed by atoms with Crippen molar-refractivity contribution < 1.29 is 9.47 Å². The van der Waals surface area contributed by atoms with E-state index in [4.69, 9.17) is 16.0 Å². The van der Waals surface area contributed by atoms with Gasteiger partial charge in [-0.3, -0.25) is 0 Å².